The van der Waals surface area contributed by atoms with Gasteiger partial charge in [0, 0.05) is 19.7 Å². The molecule has 1 aromatic rings. The van der Waals surface area contributed by atoms with Crippen molar-refractivity contribution < 1.29 is 14.3 Å². The lowest BCUT2D eigenvalue weighted by atomic mass is 10.1. The van der Waals surface area contributed by atoms with Crippen LogP contribution in [-0.2, 0) is 22.6 Å². The lowest BCUT2D eigenvalue weighted by Gasteiger charge is -2.13. The SMILES string of the molecule is CCOCC(C)OC(=O)c1ccc2c(c1)CNC2. The van der Waals surface area contributed by atoms with E-state index in [9.17, 15) is 4.79 Å². The van der Waals surface area contributed by atoms with Crippen molar-refractivity contribution in [2.75, 3.05) is 13.2 Å². The lowest BCUT2D eigenvalue weighted by molar-refractivity contribution is 0.00439. The molecule has 0 amide bonds. The maximum Gasteiger partial charge on any atom is 0.338 e. The third-order valence-corrected chi connectivity index (χ3v) is 2.94. The van der Waals surface area contributed by atoms with Crippen LogP contribution in [-0.4, -0.2) is 25.3 Å². The first-order chi connectivity index (χ1) is 8.70. The Balaban J connectivity index is 1.96. The van der Waals surface area contributed by atoms with Crippen molar-refractivity contribution in [2.45, 2.75) is 33.0 Å². The van der Waals surface area contributed by atoms with Crippen LogP contribution >= 0.6 is 0 Å². The molecule has 1 aromatic carbocycles. The first kappa shape index (κ1) is 13.1. The van der Waals surface area contributed by atoms with E-state index in [1.54, 1.807) is 0 Å². The van der Waals surface area contributed by atoms with E-state index in [0.29, 0.717) is 18.8 Å². The van der Waals surface area contributed by atoms with Crippen LogP contribution in [0.3, 0.4) is 0 Å². The minimum absolute atomic E-state index is 0.219. The third kappa shape index (κ3) is 3.09. The van der Waals surface area contributed by atoms with Gasteiger partial charge in [-0.05, 0) is 37.1 Å². The fraction of sp³-hybridized carbons (Fsp3) is 0.500. The highest BCUT2D eigenvalue weighted by Gasteiger charge is 2.16. The number of carbonyl (C=O) groups excluding carboxylic acids is 1. The van der Waals surface area contributed by atoms with Crippen LogP contribution in [0.5, 0.6) is 0 Å². The van der Waals surface area contributed by atoms with Crippen molar-refractivity contribution in [3.63, 3.8) is 0 Å². The molecule has 4 nitrogen and oxygen atoms in total. The summed E-state index contributed by atoms with van der Waals surface area (Å²) in [6.07, 6.45) is -0.219. The number of esters is 1. The van der Waals surface area contributed by atoms with Gasteiger partial charge in [0.1, 0.15) is 6.10 Å². The van der Waals surface area contributed by atoms with Crippen molar-refractivity contribution in [1.29, 1.82) is 0 Å². The Morgan fingerprint density at radius 2 is 2.17 bits per heavy atom. The molecule has 2 rings (SSSR count). The van der Waals surface area contributed by atoms with E-state index in [1.807, 2.05) is 32.0 Å². The second kappa shape index (κ2) is 5.98. The zero-order chi connectivity index (χ0) is 13.0. The molecule has 18 heavy (non-hydrogen) atoms. The van der Waals surface area contributed by atoms with Crippen molar-refractivity contribution in [1.82, 2.24) is 5.32 Å². The van der Waals surface area contributed by atoms with Gasteiger partial charge in [-0.3, -0.25) is 0 Å². The molecule has 0 saturated carbocycles. The molecule has 4 heteroatoms. The fourth-order valence-corrected chi connectivity index (χ4v) is 1.99. The lowest BCUT2D eigenvalue weighted by Crippen LogP contribution is -2.20. The van der Waals surface area contributed by atoms with Crippen LogP contribution in [0.1, 0.15) is 35.3 Å². The molecule has 0 bridgehead atoms. The minimum atomic E-state index is -0.281. The van der Waals surface area contributed by atoms with Crippen LogP contribution in [0.15, 0.2) is 18.2 Å². The second-order valence-electron chi connectivity index (χ2n) is 4.46. The van der Waals surface area contributed by atoms with Crippen LogP contribution in [0, 0.1) is 0 Å². The molecule has 0 aromatic heterocycles. The molecule has 1 atom stereocenters. The van der Waals surface area contributed by atoms with Gasteiger partial charge >= 0.3 is 5.97 Å². The highest BCUT2D eigenvalue weighted by molar-refractivity contribution is 5.89. The summed E-state index contributed by atoms with van der Waals surface area (Å²) in [5, 5.41) is 3.25. The summed E-state index contributed by atoms with van der Waals surface area (Å²) in [7, 11) is 0. The van der Waals surface area contributed by atoms with E-state index in [1.165, 1.54) is 11.1 Å². The molecule has 1 N–H and O–H groups in total. The predicted molar refractivity (Wildman–Crippen MR) is 68.4 cm³/mol. The Labute approximate surface area is 107 Å². The van der Waals surface area contributed by atoms with Crippen LogP contribution < -0.4 is 5.32 Å². The van der Waals surface area contributed by atoms with Gasteiger partial charge in [-0.15, -0.1) is 0 Å². The van der Waals surface area contributed by atoms with E-state index < -0.39 is 0 Å². The molecule has 0 aliphatic carbocycles. The van der Waals surface area contributed by atoms with E-state index in [2.05, 4.69) is 5.32 Å². The van der Waals surface area contributed by atoms with Gasteiger partial charge in [-0.1, -0.05) is 6.07 Å². The van der Waals surface area contributed by atoms with E-state index in [-0.39, 0.29) is 12.1 Å². The summed E-state index contributed by atoms with van der Waals surface area (Å²) in [5.41, 5.74) is 3.05. The number of benzene rings is 1. The number of rotatable bonds is 5. The van der Waals surface area contributed by atoms with E-state index in [4.69, 9.17) is 9.47 Å². The van der Waals surface area contributed by atoms with Gasteiger partial charge in [0.15, 0.2) is 0 Å². The van der Waals surface area contributed by atoms with Gasteiger partial charge in [-0.25, -0.2) is 4.79 Å². The van der Waals surface area contributed by atoms with Crippen molar-refractivity contribution in [2.24, 2.45) is 0 Å². The largest absolute Gasteiger partial charge is 0.457 e. The van der Waals surface area contributed by atoms with Gasteiger partial charge in [0.2, 0.25) is 0 Å². The maximum atomic E-state index is 11.9. The molecule has 1 aliphatic heterocycles. The van der Waals surface area contributed by atoms with Gasteiger partial charge < -0.3 is 14.8 Å². The molecular weight excluding hydrogens is 230 g/mol. The molecule has 0 saturated heterocycles. The number of fused-ring (bicyclic) bond motifs is 1. The van der Waals surface area contributed by atoms with Gasteiger partial charge in [0.05, 0.1) is 12.2 Å². The zero-order valence-electron chi connectivity index (χ0n) is 10.9. The number of carbonyl (C=O) groups is 1. The molecule has 98 valence electrons. The molecule has 0 spiro atoms. The Bertz CT molecular complexity index is 431. The Kier molecular flexibility index (Phi) is 4.33. The molecule has 1 unspecified atom stereocenters. The standard InChI is InChI=1S/C14H19NO3/c1-3-17-9-10(2)18-14(16)11-4-5-12-7-15-8-13(12)6-11/h4-6,10,15H,3,7-9H2,1-2H3. The number of ether oxygens (including phenoxy) is 2. The van der Waals surface area contributed by atoms with Crippen LogP contribution in [0.25, 0.3) is 0 Å². The summed E-state index contributed by atoms with van der Waals surface area (Å²) in [6, 6.07) is 5.71. The molecular formula is C14H19NO3. The average Bonchev–Trinajstić information content (AvgIpc) is 2.83. The number of hydrogen-bond acceptors (Lipinski definition) is 4. The number of hydrogen-bond donors (Lipinski definition) is 1. The first-order valence-corrected chi connectivity index (χ1v) is 6.32. The van der Waals surface area contributed by atoms with E-state index in [0.717, 1.165) is 13.1 Å². The van der Waals surface area contributed by atoms with E-state index >= 15 is 0 Å². The molecule has 0 radical (unpaired) electrons. The van der Waals surface area contributed by atoms with Crippen LogP contribution in [0.4, 0.5) is 0 Å². The normalized spacial score (nSPS) is 15.2. The highest BCUT2D eigenvalue weighted by Crippen LogP contribution is 2.17. The molecule has 1 aliphatic rings. The quantitative estimate of drug-likeness (QED) is 0.809. The summed E-state index contributed by atoms with van der Waals surface area (Å²) >= 11 is 0. The molecule has 1 heterocycles. The van der Waals surface area contributed by atoms with Crippen molar-refractivity contribution in [3.8, 4) is 0 Å². The summed E-state index contributed by atoms with van der Waals surface area (Å²) in [6.45, 7) is 6.53. The zero-order valence-corrected chi connectivity index (χ0v) is 10.9. The smallest absolute Gasteiger partial charge is 0.338 e. The van der Waals surface area contributed by atoms with Gasteiger partial charge in [0.25, 0.3) is 0 Å². The topological polar surface area (TPSA) is 47.6 Å². The Morgan fingerprint density at radius 1 is 1.39 bits per heavy atom. The minimum Gasteiger partial charge on any atom is -0.457 e. The highest BCUT2D eigenvalue weighted by atomic mass is 16.6. The monoisotopic (exact) mass is 249 g/mol. The predicted octanol–water partition coefficient (Wildman–Crippen LogP) is 1.87. The maximum absolute atomic E-state index is 11.9. The van der Waals surface area contributed by atoms with Crippen molar-refractivity contribution in [3.05, 3.63) is 34.9 Å². The second-order valence-corrected chi connectivity index (χ2v) is 4.46. The third-order valence-electron chi connectivity index (χ3n) is 2.94. The fourth-order valence-electron chi connectivity index (χ4n) is 1.99. The average molecular weight is 249 g/mol. The summed E-state index contributed by atoms with van der Waals surface area (Å²) in [5.74, 6) is -0.281. The van der Waals surface area contributed by atoms with Gasteiger partial charge in [-0.2, -0.15) is 0 Å². The van der Waals surface area contributed by atoms with Crippen LogP contribution in [0.2, 0.25) is 0 Å². The Morgan fingerprint density at radius 3 is 2.94 bits per heavy atom. The Hall–Kier alpha value is -1.39. The number of nitrogens with one attached hydrogen (secondary N) is 1. The summed E-state index contributed by atoms with van der Waals surface area (Å²) in [4.78, 5) is 11.9. The van der Waals surface area contributed by atoms with Crippen molar-refractivity contribution >= 4 is 5.97 Å². The summed E-state index contributed by atoms with van der Waals surface area (Å²) < 4.78 is 10.5. The molecule has 0 fully saturated rings. The first-order valence-electron chi connectivity index (χ1n) is 6.32.